The molecule has 3 heteroatoms. The van der Waals surface area contributed by atoms with Gasteiger partial charge in [-0.05, 0) is 24.3 Å². The van der Waals surface area contributed by atoms with Crippen molar-refractivity contribution in [3.8, 4) is 0 Å². The van der Waals surface area contributed by atoms with E-state index in [2.05, 4.69) is 0 Å². The Morgan fingerprint density at radius 1 is 0.478 bits per heavy atom. The van der Waals surface area contributed by atoms with Crippen LogP contribution in [0.5, 0.6) is 0 Å². The second kappa shape index (κ2) is 11.9. The molecule has 0 aliphatic carbocycles. The van der Waals surface area contributed by atoms with Gasteiger partial charge < -0.3 is 17.2 Å². The molecule has 3 nitrogen and oxygen atoms in total. The largest absolute Gasteiger partial charge is 0.399 e. The molecular weight excluding hydrogens is 282 g/mol. The van der Waals surface area contributed by atoms with Crippen LogP contribution in [0.3, 0.4) is 0 Å². The zero-order valence-corrected chi connectivity index (χ0v) is 14.6. The standard InChI is InChI=1S/C10H10N2.C6H7N.2C2H6/c11-9-5-6-10(12)8-4-2-1-3-7(8)9;7-6-4-2-1-3-5-6;2*1-2/h1-6H,11-12H2;1-5H,7H2;2*1-2H3. The molecule has 0 fully saturated rings. The molecule has 124 valence electrons. The van der Waals surface area contributed by atoms with Gasteiger partial charge in [-0.1, -0.05) is 70.2 Å². The van der Waals surface area contributed by atoms with Crippen molar-refractivity contribution >= 4 is 27.8 Å². The minimum Gasteiger partial charge on any atom is -0.399 e. The fraction of sp³-hybridized carbons (Fsp3) is 0.200. The first-order valence-corrected chi connectivity index (χ1v) is 8.01. The Morgan fingerprint density at radius 2 is 0.826 bits per heavy atom. The van der Waals surface area contributed by atoms with Crippen molar-refractivity contribution in [2.45, 2.75) is 27.7 Å². The molecule has 0 amide bonds. The number of rotatable bonds is 0. The third-order valence-corrected chi connectivity index (χ3v) is 2.79. The van der Waals surface area contributed by atoms with E-state index in [4.69, 9.17) is 17.2 Å². The number of fused-ring (bicyclic) bond motifs is 1. The fourth-order valence-electron chi connectivity index (χ4n) is 1.80. The summed E-state index contributed by atoms with van der Waals surface area (Å²) in [7, 11) is 0. The summed E-state index contributed by atoms with van der Waals surface area (Å²) in [4.78, 5) is 0. The van der Waals surface area contributed by atoms with Gasteiger partial charge in [-0.15, -0.1) is 0 Å². The van der Waals surface area contributed by atoms with Gasteiger partial charge in [-0.2, -0.15) is 0 Å². The Bertz CT molecular complexity index is 624. The molecule has 0 atom stereocenters. The lowest BCUT2D eigenvalue weighted by Crippen LogP contribution is -1.91. The summed E-state index contributed by atoms with van der Waals surface area (Å²) in [5.41, 5.74) is 19.3. The van der Waals surface area contributed by atoms with Crippen LogP contribution in [0.15, 0.2) is 66.7 Å². The van der Waals surface area contributed by atoms with Gasteiger partial charge in [0.05, 0.1) is 0 Å². The number of hydrogen-bond donors (Lipinski definition) is 3. The summed E-state index contributed by atoms with van der Waals surface area (Å²) < 4.78 is 0. The minimum atomic E-state index is 0.778. The van der Waals surface area contributed by atoms with Crippen LogP contribution < -0.4 is 17.2 Å². The molecule has 0 bridgehead atoms. The van der Waals surface area contributed by atoms with E-state index < -0.39 is 0 Å². The smallest absolute Gasteiger partial charge is 0.0395 e. The van der Waals surface area contributed by atoms with E-state index in [0.29, 0.717) is 0 Å². The van der Waals surface area contributed by atoms with E-state index in [1.54, 1.807) is 0 Å². The zero-order valence-electron chi connectivity index (χ0n) is 14.6. The molecule has 0 heterocycles. The Kier molecular flexibility index (Phi) is 10.5. The molecule has 0 aromatic heterocycles. The normalized spacial score (nSPS) is 8.52. The Labute approximate surface area is 140 Å². The van der Waals surface area contributed by atoms with Crippen LogP contribution in [0.25, 0.3) is 10.8 Å². The molecule has 3 aromatic carbocycles. The number of benzene rings is 3. The first-order chi connectivity index (χ1) is 11.2. The van der Waals surface area contributed by atoms with E-state index in [1.165, 1.54) is 0 Å². The monoisotopic (exact) mass is 311 g/mol. The molecule has 0 aliphatic rings. The molecule has 3 rings (SSSR count). The summed E-state index contributed by atoms with van der Waals surface area (Å²) >= 11 is 0. The van der Waals surface area contributed by atoms with Gasteiger partial charge in [0, 0.05) is 27.8 Å². The quantitative estimate of drug-likeness (QED) is 0.491. The Balaban J connectivity index is 0.000000377. The topological polar surface area (TPSA) is 78.1 Å². The molecule has 23 heavy (non-hydrogen) atoms. The van der Waals surface area contributed by atoms with Gasteiger partial charge in [-0.25, -0.2) is 0 Å². The molecule has 0 spiro atoms. The van der Waals surface area contributed by atoms with E-state index >= 15 is 0 Å². The second-order valence-electron chi connectivity index (χ2n) is 4.20. The lowest BCUT2D eigenvalue weighted by atomic mass is 10.1. The first-order valence-electron chi connectivity index (χ1n) is 8.01. The highest BCUT2D eigenvalue weighted by Crippen LogP contribution is 2.25. The van der Waals surface area contributed by atoms with Crippen LogP contribution >= 0.6 is 0 Å². The van der Waals surface area contributed by atoms with Crippen molar-refractivity contribution in [3.63, 3.8) is 0 Å². The van der Waals surface area contributed by atoms with Crippen molar-refractivity contribution in [1.82, 2.24) is 0 Å². The van der Waals surface area contributed by atoms with Gasteiger partial charge in [0.1, 0.15) is 0 Å². The zero-order chi connectivity index (χ0) is 17.7. The average Bonchev–Trinajstić information content (AvgIpc) is 2.63. The number of para-hydroxylation sites is 1. The molecular formula is C20H29N3. The first kappa shape index (κ1) is 20.3. The highest BCUT2D eigenvalue weighted by molar-refractivity contribution is 6.00. The minimum absolute atomic E-state index is 0.778. The van der Waals surface area contributed by atoms with E-state index in [0.717, 1.165) is 27.8 Å². The maximum absolute atomic E-state index is 5.77. The molecule has 0 saturated heterocycles. The van der Waals surface area contributed by atoms with E-state index in [-0.39, 0.29) is 0 Å². The highest BCUT2D eigenvalue weighted by Gasteiger charge is 1.98. The van der Waals surface area contributed by atoms with E-state index in [9.17, 15) is 0 Å². The third kappa shape index (κ3) is 6.74. The lowest BCUT2D eigenvalue weighted by Gasteiger charge is -2.03. The van der Waals surface area contributed by atoms with Crippen molar-refractivity contribution in [2.75, 3.05) is 17.2 Å². The molecule has 0 radical (unpaired) electrons. The summed E-state index contributed by atoms with van der Waals surface area (Å²) in [6.07, 6.45) is 0. The molecule has 0 aliphatic heterocycles. The fourth-order valence-corrected chi connectivity index (χ4v) is 1.80. The van der Waals surface area contributed by atoms with Crippen molar-refractivity contribution in [3.05, 3.63) is 66.7 Å². The molecule has 3 aromatic rings. The number of hydrogen-bond acceptors (Lipinski definition) is 3. The summed E-state index contributed by atoms with van der Waals surface area (Å²) in [6.45, 7) is 8.00. The van der Waals surface area contributed by atoms with Gasteiger partial charge in [0.25, 0.3) is 0 Å². The predicted octanol–water partition coefficient (Wildman–Crippen LogP) is 5.33. The van der Waals surface area contributed by atoms with Gasteiger partial charge in [0.2, 0.25) is 0 Å². The molecule has 6 N–H and O–H groups in total. The van der Waals surface area contributed by atoms with Gasteiger partial charge >= 0.3 is 0 Å². The van der Waals surface area contributed by atoms with E-state index in [1.807, 2.05) is 94.4 Å². The number of nitrogen functional groups attached to an aromatic ring is 3. The maximum atomic E-state index is 5.77. The van der Waals surface area contributed by atoms with Crippen molar-refractivity contribution in [1.29, 1.82) is 0 Å². The molecule has 0 saturated carbocycles. The summed E-state index contributed by atoms with van der Waals surface area (Å²) in [6, 6.07) is 21.0. The van der Waals surface area contributed by atoms with Crippen LogP contribution in [0.1, 0.15) is 27.7 Å². The number of anilines is 3. The predicted molar refractivity (Wildman–Crippen MR) is 106 cm³/mol. The van der Waals surface area contributed by atoms with Gasteiger partial charge in [-0.3, -0.25) is 0 Å². The Hall–Kier alpha value is -2.68. The van der Waals surface area contributed by atoms with Gasteiger partial charge in [0.15, 0.2) is 0 Å². The maximum Gasteiger partial charge on any atom is 0.0395 e. The van der Waals surface area contributed by atoms with Crippen LogP contribution in [0.2, 0.25) is 0 Å². The highest BCUT2D eigenvalue weighted by atomic mass is 14.6. The van der Waals surface area contributed by atoms with Crippen molar-refractivity contribution < 1.29 is 0 Å². The van der Waals surface area contributed by atoms with Crippen LogP contribution in [0, 0.1) is 0 Å². The van der Waals surface area contributed by atoms with Crippen LogP contribution in [0.4, 0.5) is 17.1 Å². The SMILES string of the molecule is CC.CC.Nc1ccc(N)c2ccccc12.Nc1ccccc1. The lowest BCUT2D eigenvalue weighted by molar-refractivity contribution is 1.50. The average molecular weight is 311 g/mol. The summed E-state index contributed by atoms with van der Waals surface area (Å²) in [5.74, 6) is 0. The Morgan fingerprint density at radius 3 is 1.13 bits per heavy atom. The second-order valence-corrected chi connectivity index (χ2v) is 4.20. The molecule has 0 unspecified atom stereocenters. The summed E-state index contributed by atoms with van der Waals surface area (Å²) in [5, 5.41) is 2.05. The van der Waals surface area contributed by atoms with Crippen LogP contribution in [-0.2, 0) is 0 Å². The van der Waals surface area contributed by atoms with Crippen LogP contribution in [-0.4, -0.2) is 0 Å². The van der Waals surface area contributed by atoms with Crippen molar-refractivity contribution in [2.24, 2.45) is 0 Å². The third-order valence-electron chi connectivity index (χ3n) is 2.79. The number of nitrogens with two attached hydrogens (primary N) is 3.